The second kappa shape index (κ2) is 7.12. The Bertz CT molecular complexity index is 195. The van der Waals surface area contributed by atoms with Crippen molar-refractivity contribution < 1.29 is 4.79 Å². The molecule has 0 spiro atoms. The van der Waals surface area contributed by atoms with Crippen molar-refractivity contribution in [2.45, 2.75) is 45.7 Å². The highest BCUT2D eigenvalue weighted by Gasteiger charge is 2.17. The molecule has 0 heterocycles. The van der Waals surface area contributed by atoms with Crippen molar-refractivity contribution in [3.63, 3.8) is 0 Å². The Balaban J connectivity index is 3.75. The van der Waals surface area contributed by atoms with Crippen LogP contribution in [0.25, 0.3) is 0 Å². The van der Waals surface area contributed by atoms with Gasteiger partial charge in [-0.2, -0.15) is 11.8 Å². The van der Waals surface area contributed by atoms with Gasteiger partial charge in [-0.3, -0.25) is 4.79 Å². The molecule has 0 fully saturated rings. The maximum Gasteiger partial charge on any atom is 0.234 e. The van der Waals surface area contributed by atoms with Crippen molar-refractivity contribution in [3.05, 3.63) is 0 Å². The Morgan fingerprint density at radius 1 is 1.47 bits per heavy atom. The third-order valence-electron chi connectivity index (χ3n) is 2.39. The predicted octanol–water partition coefficient (Wildman–Crippen LogP) is 1.63. The van der Waals surface area contributed by atoms with Crippen molar-refractivity contribution >= 4 is 17.7 Å². The Kier molecular flexibility index (Phi) is 7.02. The van der Waals surface area contributed by atoms with Gasteiger partial charge in [-0.05, 0) is 33.4 Å². The SMILES string of the molecule is CCC(C)(C)NC(=O)CNC(C)CSC. The summed E-state index contributed by atoms with van der Waals surface area (Å²) in [7, 11) is 0. The highest BCUT2D eigenvalue weighted by Crippen LogP contribution is 2.05. The van der Waals surface area contributed by atoms with Crippen molar-refractivity contribution in [2.24, 2.45) is 0 Å². The molecule has 0 radical (unpaired) electrons. The van der Waals surface area contributed by atoms with Crippen LogP contribution in [-0.2, 0) is 4.79 Å². The molecule has 1 atom stereocenters. The molecule has 0 saturated carbocycles. The minimum absolute atomic E-state index is 0.0785. The summed E-state index contributed by atoms with van der Waals surface area (Å²) in [6, 6.07) is 0.385. The lowest BCUT2D eigenvalue weighted by Crippen LogP contribution is -2.47. The fourth-order valence-electron chi connectivity index (χ4n) is 1.09. The van der Waals surface area contributed by atoms with Crippen LogP contribution in [0.5, 0.6) is 0 Å². The molecule has 3 nitrogen and oxygen atoms in total. The summed E-state index contributed by atoms with van der Waals surface area (Å²) in [5.41, 5.74) is -0.0957. The number of rotatable bonds is 7. The van der Waals surface area contributed by atoms with Gasteiger partial charge >= 0.3 is 0 Å². The summed E-state index contributed by atoms with van der Waals surface area (Å²) < 4.78 is 0. The largest absolute Gasteiger partial charge is 0.350 e. The van der Waals surface area contributed by atoms with E-state index in [-0.39, 0.29) is 11.4 Å². The fraction of sp³-hybridized carbons (Fsp3) is 0.909. The number of hydrogen-bond donors (Lipinski definition) is 2. The van der Waals surface area contributed by atoms with Gasteiger partial charge in [0.1, 0.15) is 0 Å². The smallest absolute Gasteiger partial charge is 0.234 e. The zero-order valence-electron chi connectivity index (χ0n) is 10.5. The molecule has 4 heteroatoms. The van der Waals surface area contributed by atoms with Crippen molar-refractivity contribution in [3.8, 4) is 0 Å². The Morgan fingerprint density at radius 2 is 2.07 bits per heavy atom. The van der Waals surface area contributed by atoms with Crippen LogP contribution in [0.2, 0.25) is 0 Å². The molecule has 2 N–H and O–H groups in total. The molecular weight excluding hydrogens is 208 g/mol. The van der Waals surface area contributed by atoms with Gasteiger partial charge in [0.15, 0.2) is 0 Å². The first-order valence-corrected chi connectivity index (χ1v) is 6.84. The number of nitrogens with one attached hydrogen (secondary N) is 2. The van der Waals surface area contributed by atoms with E-state index in [1.807, 2.05) is 13.8 Å². The maximum atomic E-state index is 11.5. The van der Waals surface area contributed by atoms with Gasteiger partial charge < -0.3 is 10.6 Å². The van der Waals surface area contributed by atoms with Crippen LogP contribution in [0.4, 0.5) is 0 Å². The quantitative estimate of drug-likeness (QED) is 0.701. The molecule has 1 amide bonds. The summed E-state index contributed by atoms with van der Waals surface area (Å²) in [5.74, 6) is 1.11. The maximum absolute atomic E-state index is 11.5. The lowest BCUT2D eigenvalue weighted by Gasteiger charge is -2.25. The number of carbonyl (C=O) groups excluding carboxylic acids is 1. The van der Waals surface area contributed by atoms with Crippen LogP contribution in [0.1, 0.15) is 34.1 Å². The van der Waals surface area contributed by atoms with E-state index < -0.39 is 0 Å². The van der Waals surface area contributed by atoms with E-state index in [9.17, 15) is 4.79 Å². The summed E-state index contributed by atoms with van der Waals surface area (Å²) in [5, 5.41) is 6.19. The van der Waals surface area contributed by atoms with Gasteiger partial charge in [-0.15, -0.1) is 0 Å². The van der Waals surface area contributed by atoms with Gasteiger partial charge in [0.25, 0.3) is 0 Å². The molecule has 15 heavy (non-hydrogen) atoms. The van der Waals surface area contributed by atoms with Gasteiger partial charge in [0.2, 0.25) is 5.91 Å². The number of carbonyl (C=O) groups is 1. The molecule has 0 aliphatic carbocycles. The first-order valence-electron chi connectivity index (χ1n) is 5.44. The number of thioether (sulfide) groups is 1. The number of amides is 1. The fourth-order valence-corrected chi connectivity index (χ4v) is 1.70. The molecule has 90 valence electrons. The molecule has 0 aromatic carbocycles. The third kappa shape index (κ3) is 7.68. The summed E-state index contributed by atoms with van der Waals surface area (Å²) in [6.07, 6.45) is 3.01. The van der Waals surface area contributed by atoms with E-state index in [2.05, 4.69) is 30.7 Å². The molecule has 0 rings (SSSR count). The highest BCUT2D eigenvalue weighted by atomic mass is 32.2. The normalized spacial score (nSPS) is 13.7. The average Bonchev–Trinajstić information content (AvgIpc) is 2.15. The van der Waals surface area contributed by atoms with E-state index in [0.29, 0.717) is 12.6 Å². The first-order chi connectivity index (χ1) is 6.91. The third-order valence-corrected chi connectivity index (χ3v) is 3.22. The summed E-state index contributed by atoms with van der Waals surface area (Å²) in [4.78, 5) is 11.5. The van der Waals surface area contributed by atoms with E-state index in [1.54, 1.807) is 11.8 Å². The Hall–Kier alpha value is -0.220. The van der Waals surface area contributed by atoms with Crippen LogP contribution in [0.15, 0.2) is 0 Å². The van der Waals surface area contributed by atoms with Gasteiger partial charge in [-0.1, -0.05) is 6.92 Å². The van der Waals surface area contributed by atoms with E-state index in [0.717, 1.165) is 12.2 Å². The first kappa shape index (κ1) is 14.8. The minimum atomic E-state index is -0.0957. The van der Waals surface area contributed by atoms with Crippen LogP contribution >= 0.6 is 11.8 Å². The molecule has 0 aliphatic heterocycles. The Labute approximate surface area is 97.8 Å². The van der Waals surface area contributed by atoms with Crippen molar-refractivity contribution in [1.82, 2.24) is 10.6 Å². The average molecular weight is 232 g/mol. The monoisotopic (exact) mass is 232 g/mol. The zero-order valence-corrected chi connectivity index (χ0v) is 11.3. The lowest BCUT2D eigenvalue weighted by molar-refractivity contribution is -0.121. The van der Waals surface area contributed by atoms with Gasteiger partial charge in [-0.25, -0.2) is 0 Å². The molecule has 0 saturated heterocycles. The zero-order chi connectivity index (χ0) is 11.9. The van der Waals surface area contributed by atoms with Crippen molar-refractivity contribution in [1.29, 1.82) is 0 Å². The second-order valence-electron chi connectivity index (χ2n) is 4.52. The van der Waals surface area contributed by atoms with Crippen molar-refractivity contribution in [2.75, 3.05) is 18.6 Å². The summed E-state index contributed by atoms with van der Waals surface area (Å²) in [6.45, 7) is 8.65. The lowest BCUT2D eigenvalue weighted by atomic mass is 10.0. The molecule has 0 aliphatic rings. The van der Waals surface area contributed by atoms with Crippen LogP contribution in [0, 0.1) is 0 Å². The van der Waals surface area contributed by atoms with E-state index >= 15 is 0 Å². The van der Waals surface area contributed by atoms with E-state index in [4.69, 9.17) is 0 Å². The number of hydrogen-bond acceptors (Lipinski definition) is 3. The molecule has 1 unspecified atom stereocenters. The standard InChI is InChI=1S/C11H24N2OS/c1-6-11(3,4)13-10(14)7-12-9(2)8-15-5/h9,12H,6-8H2,1-5H3,(H,13,14). The van der Waals surface area contributed by atoms with Crippen LogP contribution in [-0.4, -0.2) is 36.0 Å². The van der Waals surface area contributed by atoms with Gasteiger partial charge in [0, 0.05) is 17.3 Å². The highest BCUT2D eigenvalue weighted by molar-refractivity contribution is 7.98. The van der Waals surface area contributed by atoms with Crippen LogP contribution < -0.4 is 10.6 Å². The topological polar surface area (TPSA) is 41.1 Å². The molecule has 0 aromatic rings. The predicted molar refractivity (Wildman–Crippen MR) is 68.4 cm³/mol. The van der Waals surface area contributed by atoms with Gasteiger partial charge in [0.05, 0.1) is 6.54 Å². The minimum Gasteiger partial charge on any atom is -0.350 e. The molecular formula is C11H24N2OS. The van der Waals surface area contributed by atoms with Crippen LogP contribution in [0.3, 0.4) is 0 Å². The molecule has 0 bridgehead atoms. The van der Waals surface area contributed by atoms with E-state index in [1.165, 1.54) is 0 Å². The Morgan fingerprint density at radius 3 is 2.53 bits per heavy atom. The molecule has 0 aromatic heterocycles. The second-order valence-corrected chi connectivity index (χ2v) is 5.43. The summed E-state index contributed by atoms with van der Waals surface area (Å²) >= 11 is 1.78.